The third kappa shape index (κ3) is 3.31. The van der Waals surface area contributed by atoms with Gasteiger partial charge in [0.05, 0.1) is 10.6 Å². The van der Waals surface area contributed by atoms with Crippen LogP contribution in [0.4, 0.5) is 0 Å². The molecule has 0 aliphatic carbocycles. The van der Waals surface area contributed by atoms with Crippen LogP contribution in [0, 0.1) is 0 Å². The van der Waals surface area contributed by atoms with E-state index in [2.05, 4.69) is 0 Å². The summed E-state index contributed by atoms with van der Waals surface area (Å²) in [5.41, 5.74) is 0.357. The molecule has 5 heteroatoms. The van der Waals surface area contributed by atoms with E-state index in [0.29, 0.717) is 16.9 Å². The largest absolute Gasteiger partial charge is 0.479 e. The van der Waals surface area contributed by atoms with Gasteiger partial charge in [0.1, 0.15) is 5.75 Å². The van der Waals surface area contributed by atoms with Gasteiger partial charge in [-0.05, 0) is 38.3 Å². The zero-order chi connectivity index (χ0) is 14.5. The number of para-hydroxylation sites is 1. The lowest BCUT2D eigenvalue weighted by Gasteiger charge is -2.29. The smallest absolute Gasteiger partial charge is 0.263 e. The highest BCUT2D eigenvalue weighted by molar-refractivity contribution is 6.32. The van der Waals surface area contributed by atoms with Crippen LogP contribution in [0.3, 0.4) is 0 Å². The summed E-state index contributed by atoms with van der Waals surface area (Å²) in [7, 11) is 0. The number of carbonyl (C=O) groups excluding carboxylic acids is 2. The molecular weight excluding hydrogens is 278 g/mol. The first-order valence-corrected chi connectivity index (χ1v) is 7.20. The molecule has 1 heterocycles. The lowest BCUT2D eigenvalue weighted by atomic mass is 10.1. The van der Waals surface area contributed by atoms with Crippen LogP contribution in [0.1, 0.15) is 36.5 Å². The number of hydrogen-bond donors (Lipinski definition) is 0. The van der Waals surface area contributed by atoms with Gasteiger partial charge in [0.15, 0.2) is 12.4 Å². The van der Waals surface area contributed by atoms with E-state index in [1.165, 1.54) is 6.42 Å². The molecule has 0 bridgehead atoms. The second-order valence-corrected chi connectivity index (χ2v) is 5.33. The lowest BCUT2D eigenvalue weighted by Crippen LogP contribution is -2.43. The Morgan fingerprint density at radius 2 is 2.05 bits per heavy atom. The van der Waals surface area contributed by atoms with Crippen molar-refractivity contribution in [1.29, 1.82) is 0 Å². The molecule has 2 rings (SSSR count). The Bertz CT molecular complexity index is 498. The fourth-order valence-electron chi connectivity index (χ4n) is 2.34. The summed E-state index contributed by atoms with van der Waals surface area (Å²) in [5, 5.41) is 0.341. The van der Waals surface area contributed by atoms with Crippen molar-refractivity contribution in [2.75, 3.05) is 13.1 Å². The number of benzene rings is 1. The summed E-state index contributed by atoms with van der Waals surface area (Å²) in [6.45, 7) is 3.24. The fourth-order valence-corrected chi connectivity index (χ4v) is 2.57. The van der Waals surface area contributed by atoms with E-state index in [9.17, 15) is 9.59 Å². The maximum atomic E-state index is 12.3. The highest BCUT2D eigenvalue weighted by Gasteiger charge is 2.24. The number of likely N-dealkylation sites (tertiary alicyclic amines) is 1. The topological polar surface area (TPSA) is 46.6 Å². The van der Waals surface area contributed by atoms with E-state index in [1.807, 2.05) is 4.90 Å². The van der Waals surface area contributed by atoms with Crippen molar-refractivity contribution >= 4 is 23.8 Å². The Hall–Kier alpha value is -1.55. The number of halogens is 1. The molecule has 1 aromatic rings. The normalized spacial score (nSPS) is 16.6. The van der Waals surface area contributed by atoms with Crippen molar-refractivity contribution in [3.63, 3.8) is 0 Å². The van der Waals surface area contributed by atoms with Crippen molar-refractivity contribution in [3.8, 4) is 5.75 Å². The van der Waals surface area contributed by atoms with E-state index >= 15 is 0 Å². The number of nitrogens with zero attached hydrogens (tertiary/aromatic N) is 1. The van der Waals surface area contributed by atoms with Crippen molar-refractivity contribution in [3.05, 3.63) is 28.8 Å². The van der Waals surface area contributed by atoms with Crippen LogP contribution in [0.15, 0.2) is 18.2 Å². The molecule has 0 radical (unpaired) electrons. The standard InChI is InChI=1S/C15H18ClNO3/c1-11(15(19)17-8-3-2-4-9-17)20-14-12(10-18)6-5-7-13(14)16/h5-7,10-11H,2-4,8-9H2,1H3. The van der Waals surface area contributed by atoms with E-state index in [-0.39, 0.29) is 11.7 Å². The quantitative estimate of drug-likeness (QED) is 0.802. The molecule has 108 valence electrons. The Kier molecular flexibility index (Phi) is 5.01. The number of piperidine rings is 1. The van der Waals surface area contributed by atoms with Crippen molar-refractivity contribution < 1.29 is 14.3 Å². The predicted octanol–water partition coefficient (Wildman–Crippen LogP) is 2.93. The molecule has 1 amide bonds. The van der Waals surface area contributed by atoms with Crippen LogP contribution < -0.4 is 4.74 Å². The zero-order valence-electron chi connectivity index (χ0n) is 11.5. The molecule has 1 aliphatic heterocycles. The Labute approximate surface area is 123 Å². The Balaban J connectivity index is 2.09. The molecule has 1 saturated heterocycles. The van der Waals surface area contributed by atoms with E-state index < -0.39 is 6.10 Å². The van der Waals surface area contributed by atoms with Crippen LogP contribution in [0.5, 0.6) is 5.75 Å². The summed E-state index contributed by atoms with van der Waals surface area (Å²) in [5.74, 6) is 0.225. The minimum Gasteiger partial charge on any atom is -0.479 e. The van der Waals surface area contributed by atoms with Crippen LogP contribution in [-0.4, -0.2) is 36.3 Å². The van der Waals surface area contributed by atoms with Crippen molar-refractivity contribution in [1.82, 2.24) is 4.90 Å². The Morgan fingerprint density at radius 3 is 2.70 bits per heavy atom. The van der Waals surface area contributed by atoms with Crippen molar-refractivity contribution in [2.24, 2.45) is 0 Å². The van der Waals surface area contributed by atoms with Gasteiger partial charge in [0.2, 0.25) is 0 Å². The molecule has 1 fully saturated rings. The summed E-state index contributed by atoms with van der Waals surface area (Å²) in [4.78, 5) is 25.1. The van der Waals surface area contributed by atoms with Gasteiger partial charge in [-0.1, -0.05) is 17.7 Å². The van der Waals surface area contributed by atoms with E-state index in [4.69, 9.17) is 16.3 Å². The fraction of sp³-hybridized carbons (Fsp3) is 0.467. The second-order valence-electron chi connectivity index (χ2n) is 4.92. The van der Waals surface area contributed by atoms with Crippen LogP contribution in [-0.2, 0) is 4.79 Å². The van der Waals surface area contributed by atoms with Gasteiger partial charge in [-0.25, -0.2) is 0 Å². The first kappa shape index (κ1) is 14.9. The maximum absolute atomic E-state index is 12.3. The number of amides is 1. The highest BCUT2D eigenvalue weighted by atomic mass is 35.5. The summed E-state index contributed by atoms with van der Waals surface area (Å²) in [6.07, 6.45) is 3.26. The average molecular weight is 296 g/mol. The van der Waals surface area contributed by atoms with Gasteiger partial charge in [-0.2, -0.15) is 0 Å². The van der Waals surface area contributed by atoms with Crippen LogP contribution >= 0.6 is 11.6 Å². The first-order valence-electron chi connectivity index (χ1n) is 6.82. The number of carbonyl (C=O) groups is 2. The van der Waals surface area contributed by atoms with Gasteiger partial charge in [-0.15, -0.1) is 0 Å². The predicted molar refractivity (Wildman–Crippen MR) is 77.4 cm³/mol. The van der Waals surface area contributed by atoms with Gasteiger partial charge in [0.25, 0.3) is 5.91 Å². The third-order valence-electron chi connectivity index (χ3n) is 3.43. The minimum atomic E-state index is -0.647. The third-order valence-corrected chi connectivity index (χ3v) is 3.73. The SMILES string of the molecule is CC(Oc1c(Cl)cccc1C=O)C(=O)N1CCCCC1. The molecule has 1 atom stereocenters. The second kappa shape index (κ2) is 6.75. The van der Waals surface area contributed by atoms with Crippen LogP contribution in [0.2, 0.25) is 5.02 Å². The average Bonchev–Trinajstić information content (AvgIpc) is 2.49. The lowest BCUT2D eigenvalue weighted by molar-refractivity contribution is -0.138. The highest BCUT2D eigenvalue weighted by Crippen LogP contribution is 2.28. The number of hydrogen-bond acceptors (Lipinski definition) is 3. The monoisotopic (exact) mass is 295 g/mol. The molecule has 1 aliphatic rings. The number of aldehydes is 1. The first-order chi connectivity index (χ1) is 9.63. The zero-order valence-corrected chi connectivity index (χ0v) is 12.2. The van der Waals surface area contributed by atoms with Crippen LogP contribution in [0.25, 0.3) is 0 Å². The minimum absolute atomic E-state index is 0.0542. The molecule has 20 heavy (non-hydrogen) atoms. The summed E-state index contributed by atoms with van der Waals surface area (Å²) >= 11 is 6.03. The van der Waals surface area contributed by atoms with Gasteiger partial charge in [0, 0.05) is 13.1 Å². The molecule has 1 unspecified atom stereocenters. The van der Waals surface area contributed by atoms with E-state index in [1.54, 1.807) is 25.1 Å². The summed E-state index contributed by atoms with van der Waals surface area (Å²) in [6, 6.07) is 4.93. The molecular formula is C15H18ClNO3. The summed E-state index contributed by atoms with van der Waals surface area (Å²) < 4.78 is 5.63. The molecule has 1 aromatic carbocycles. The molecule has 0 aromatic heterocycles. The molecule has 0 N–H and O–H groups in total. The number of rotatable bonds is 4. The maximum Gasteiger partial charge on any atom is 0.263 e. The van der Waals surface area contributed by atoms with Gasteiger partial charge in [-0.3, -0.25) is 9.59 Å². The molecule has 0 spiro atoms. The Morgan fingerprint density at radius 1 is 1.35 bits per heavy atom. The van der Waals surface area contributed by atoms with E-state index in [0.717, 1.165) is 25.9 Å². The van der Waals surface area contributed by atoms with Gasteiger partial charge >= 0.3 is 0 Å². The van der Waals surface area contributed by atoms with Gasteiger partial charge < -0.3 is 9.64 Å². The number of ether oxygens (including phenoxy) is 1. The molecule has 4 nitrogen and oxygen atoms in total. The van der Waals surface area contributed by atoms with Crippen molar-refractivity contribution in [2.45, 2.75) is 32.3 Å². The molecule has 0 saturated carbocycles.